The molecule has 0 spiro atoms. The highest BCUT2D eigenvalue weighted by molar-refractivity contribution is 5.34. The van der Waals surface area contributed by atoms with Crippen LogP contribution < -0.4 is 0 Å². The van der Waals surface area contributed by atoms with E-state index < -0.39 is 0 Å². The van der Waals surface area contributed by atoms with Crippen LogP contribution >= 0.6 is 0 Å². The first kappa shape index (κ1) is 12.2. The normalized spacial score (nSPS) is 18.3. The van der Waals surface area contributed by atoms with E-state index in [-0.39, 0.29) is 18.4 Å². The second kappa shape index (κ2) is 5.01. The number of para-hydroxylation sites is 1. The molecule has 100 valence electrons. The van der Waals surface area contributed by atoms with E-state index in [9.17, 15) is 10.2 Å². The van der Waals surface area contributed by atoms with Gasteiger partial charge in [-0.15, -0.1) is 10.2 Å². The minimum Gasteiger partial charge on any atom is -0.508 e. The maximum absolute atomic E-state index is 9.83. The molecule has 0 aliphatic carbocycles. The van der Waals surface area contributed by atoms with E-state index in [1.807, 2.05) is 16.7 Å². The number of hydrogen-bond acceptors (Lipinski definition) is 4. The maximum atomic E-state index is 9.83. The zero-order chi connectivity index (χ0) is 13.2. The van der Waals surface area contributed by atoms with Crippen LogP contribution in [0.4, 0.5) is 0 Å². The fraction of sp³-hybridized carbons (Fsp3) is 0.429. The second-order valence-corrected chi connectivity index (χ2v) is 4.94. The number of nitrogens with zero attached hydrogens (tertiary/aromatic N) is 3. The summed E-state index contributed by atoms with van der Waals surface area (Å²) in [4.78, 5) is 0. The average Bonchev–Trinajstić information content (AvgIpc) is 2.85. The van der Waals surface area contributed by atoms with Crippen LogP contribution in [-0.4, -0.2) is 31.6 Å². The highest BCUT2D eigenvalue weighted by atomic mass is 16.3. The van der Waals surface area contributed by atoms with Crippen molar-refractivity contribution in [3.8, 4) is 5.75 Å². The zero-order valence-electron chi connectivity index (χ0n) is 10.7. The molecule has 2 heterocycles. The van der Waals surface area contributed by atoms with Crippen molar-refractivity contribution in [3.05, 3.63) is 41.5 Å². The minimum atomic E-state index is 0.0691. The molecule has 0 saturated heterocycles. The topological polar surface area (TPSA) is 71.2 Å². The van der Waals surface area contributed by atoms with Crippen LogP contribution in [0.1, 0.15) is 36.1 Å². The SMILES string of the molecule is OCC1CCCc2nnc(Cc3ccccc3O)n21. The third-order valence-electron chi connectivity index (χ3n) is 3.69. The number of benzene rings is 1. The summed E-state index contributed by atoms with van der Waals surface area (Å²) >= 11 is 0. The molecule has 0 amide bonds. The van der Waals surface area contributed by atoms with Crippen LogP contribution in [0.2, 0.25) is 0 Å². The molecule has 0 saturated carbocycles. The van der Waals surface area contributed by atoms with Gasteiger partial charge in [-0.3, -0.25) is 0 Å². The van der Waals surface area contributed by atoms with Crippen LogP contribution in [0, 0.1) is 0 Å². The number of aryl methyl sites for hydroxylation is 1. The number of aromatic hydroxyl groups is 1. The Kier molecular flexibility index (Phi) is 3.21. The molecule has 5 nitrogen and oxygen atoms in total. The number of fused-ring (bicyclic) bond motifs is 1. The van der Waals surface area contributed by atoms with Crippen LogP contribution in [0.25, 0.3) is 0 Å². The van der Waals surface area contributed by atoms with Gasteiger partial charge in [0.05, 0.1) is 12.6 Å². The Bertz CT molecular complexity index is 580. The minimum absolute atomic E-state index is 0.0691. The van der Waals surface area contributed by atoms with Gasteiger partial charge in [-0.1, -0.05) is 18.2 Å². The summed E-state index contributed by atoms with van der Waals surface area (Å²) in [6.07, 6.45) is 3.44. The lowest BCUT2D eigenvalue weighted by Gasteiger charge is -2.24. The average molecular weight is 259 g/mol. The third kappa shape index (κ3) is 2.21. The quantitative estimate of drug-likeness (QED) is 0.875. The molecule has 0 bridgehead atoms. The van der Waals surface area contributed by atoms with E-state index in [1.54, 1.807) is 12.1 Å². The molecule has 1 aromatic heterocycles. The number of aromatic nitrogens is 3. The van der Waals surface area contributed by atoms with Gasteiger partial charge in [0.25, 0.3) is 0 Å². The lowest BCUT2D eigenvalue weighted by molar-refractivity contribution is 0.203. The highest BCUT2D eigenvalue weighted by Gasteiger charge is 2.24. The van der Waals surface area contributed by atoms with Crippen molar-refractivity contribution in [1.29, 1.82) is 0 Å². The summed E-state index contributed by atoms with van der Waals surface area (Å²) < 4.78 is 2.04. The molecule has 2 aromatic rings. The van der Waals surface area contributed by atoms with Gasteiger partial charge in [-0.05, 0) is 18.9 Å². The van der Waals surface area contributed by atoms with Gasteiger partial charge in [-0.2, -0.15) is 0 Å². The Morgan fingerprint density at radius 3 is 2.89 bits per heavy atom. The van der Waals surface area contributed by atoms with Gasteiger partial charge in [0.1, 0.15) is 17.4 Å². The van der Waals surface area contributed by atoms with E-state index in [1.165, 1.54) is 0 Å². The fourth-order valence-electron chi connectivity index (χ4n) is 2.70. The number of aliphatic hydroxyl groups excluding tert-OH is 1. The Labute approximate surface area is 111 Å². The van der Waals surface area contributed by atoms with Gasteiger partial charge >= 0.3 is 0 Å². The van der Waals surface area contributed by atoms with E-state index in [2.05, 4.69) is 10.2 Å². The van der Waals surface area contributed by atoms with Crippen LogP contribution in [0.5, 0.6) is 5.75 Å². The molecule has 5 heteroatoms. The van der Waals surface area contributed by atoms with Crippen molar-refractivity contribution < 1.29 is 10.2 Å². The molecular formula is C14H17N3O2. The fourth-order valence-corrected chi connectivity index (χ4v) is 2.70. The standard InChI is InChI=1S/C14H17N3O2/c18-9-11-5-3-7-13-15-16-14(17(11)13)8-10-4-1-2-6-12(10)19/h1-2,4,6,11,18-19H,3,5,7-9H2. The van der Waals surface area contributed by atoms with Gasteiger partial charge in [0, 0.05) is 18.4 Å². The first-order valence-corrected chi connectivity index (χ1v) is 6.60. The Morgan fingerprint density at radius 1 is 1.26 bits per heavy atom. The molecule has 1 unspecified atom stereocenters. The first-order chi connectivity index (χ1) is 9.29. The zero-order valence-corrected chi connectivity index (χ0v) is 10.7. The summed E-state index contributed by atoms with van der Waals surface area (Å²) in [6, 6.07) is 7.32. The second-order valence-electron chi connectivity index (χ2n) is 4.94. The number of aliphatic hydroxyl groups is 1. The molecular weight excluding hydrogens is 242 g/mol. The van der Waals surface area contributed by atoms with E-state index >= 15 is 0 Å². The van der Waals surface area contributed by atoms with Gasteiger partial charge < -0.3 is 14.8 Å². The Morgan fingerprint density at radius 2 is 2.11 bits per heavy atom. The third-order valence-corrected chi connectivity index (χ3v) is 3.69. The summed E-state index contributed by atoms with van der Waals surface area (Å²) in [5, 5.41) is 27.7. The van der Waals surface area contributed by atoms with Crippen molar-refractivity contribution in [2.24, 2.45) is 0 Å². The molecule has 3 rings (SSSR count). The molecule has 0 fully saturated rings. The number of phenolic OH excluding ortho intramolecular Hbond substituents is 1. The van der Waals surface area contributed by atoms with Crippen LogP contribution in [0.3, 0.4) is 0 Å². The molecule has 2 N–H and O–H groups in total. The summed E-state index contributed by atoms with van der Waals surface area (Å²) in [6.45, 7) is 0.110. The highest BCUT2D eigenvalue weighted by Crippen LogP contribution is 2.27. The van der Waals surface area contributed by atoms with E-state index in [0.717, 1.165) is 36.5 Å². The smallest absolute Gasteiger partial charge is 0.137 e. The lowest BCUT2D eigenvalue weighted by atomic mass is 10.0. The summed E-state index contributed by atoms with van der Waals surface area (Å²) in [5.74, 6) is 2.03. The molecule has 1 aliphatic rings. The lowest BCUT2D eigenvalue weighted by Crippen LogP contribution is -2.23. The number of hydrogen-bond donors (Lipinski definition) is 2. The van der Waals surface area contributed by atoms with Crippen molar-refractivity contribution >= 4 is 0 Å². The molecule has 19 heavy (non-hydrogen) atoms. The van der Waals surface area contributed by atoms with E-state index in [4.69, 9.17) is 0 Å². The largest absolute Gasteiger partial charge is 0.508 e. The summed E-state index contributed by atoms with van der Waals surface area (Å²) in [5.41, 5.74) is 0.833. The van der Waals surface area contributed by atoms with Gasteiger partial charge in [0.15, 0.2) is 0 Å². The van der Waals surface area contributed by atoms with Crippen molar-refractivity contribution in [3.63, 3.8) is 0 Å². The molecule has 1 atom stereocenters. The summed E-state index contributed by atoms with van der Waals surface area (Å²) in [7, 11) is 0. The van der Waals surface area contributed by atoms with Crippen LogP contribution in [0.15, 0.2) is 24.3 Å². The van der Waals surface area contributed by atoms with Crippen molar-refractivity contribution in [2.75, 3.05) is 6.61 Å². The monoisotopic (exact) mass is 259 g/mol. The van der Waals surface area contributed by atoms with E-state index in [0.29, 0.717) is 6.42 Å². The van der Waals surface area contributed by atoms with Gasteiger partial charge in [0.2, 0.25) is 0 Å². The Balaban J connectivity index is 1.94. The Hall–Kier alpha value is -1.88. The van der Waals surface area contributed by atoms with Crippen molar-refractivity contribution in [1.82, 2.24) is 14.8 Å². The number of rotatable bonds is 3. The number of phenols is 1. The molecule has 0 radical (unpaired) electrons. The van der Waals surface area contributed by atoms with Crippen molar-refractivity contribution in [2.45, 2.75) is 31.7 Å². The van der Waals surface area contributed by atoms with Crippen LogP contribution in [-0.2, 0) is 12.8 Å². The predicted molar refractivity (Wildman–Crippen MR) is 70.0 cm³/mol. The maximum Gasteiger partial charge on any atom is 0.137 e. The molecule has 1 aliphatic heterocycles. The van der Waals surface area contributed by atoms with Gasteiger partial charge in [-0.25, -0.2) is 0 Å². The first-order valence-electron chi connectivity index (χ1n) is 6.60. The predicted octanol–water partition coefficient (Wildman–Crippen LogP) is 1.44. The molecule has 1 aromatic carbocycles.